The summed E-state index contributed by atoms with van der Waals surface area (Å²) in [5.74, 6) is 1.54. The minimum atomic E-state index is -0.0239. The highest BCUT2D eigenvalue weighted by Gasteiger charge is 2.22. The SMILES string of the molecule is CSOCc1nc(-c2ccccc2)nn1C1CCCCO1. The van der Waals surface area contributed by atoms with E-state index in [9.17, 15) is 0 Å². The molecule has 2 heterocycles. The quantitative estimate of drug-likeness (QED) is 0.792. The molecule has 0 saturated carbocycles. The van der Waals surface area contributed by atoms with Gasteiger partial charge in [0.15, 0.2) is 17.9 Å². The summed E-state index contributed by atoms with van der Waals surface area (Å²) in [5.41, 5.74) is 1.01. The van der Waals surface area contributed by atoms with Crippen LogP contribution >= 0.6 is 12.0 Å². The Balaban J connectivity index is 1.90. The van der Waals surface area contributed by atoms with Crippen LogP contribution < -0.4 is 0 Å². The molecule has 2 aromatic rings. The van der Waals surface area contributed by atoms with Gasteiger partial charge in [0.1, 0.15) is 6.61 Å². The van der Waals surface area contributed by atoms with E-state index in [2.05, 4.69) is 10.1 Å². The predicted molar refractivity (Wildman–Crippen MR) is 82.6 cm³/mol. The van der Waals surface area contributed by atoms with Crippen molar-refractivity contribution in [1.29, 1.82) is 0 Å². The Kier molecular flexibility index (Phi) is 4.90. The van der Waals surface area contributed by atoms with Crippen LogP contribution in [0.1, 0.15) is 31.3 Å². The Morgan fingerprint density at radius 1 is 1.33 bits per heavy atom. The van der Waals surface area contributed by atoms with Gasteiger partial charge in [-0.25, -0.2) is 9.67 Å². The van der Waals surface area contributed by atoms with Crippen molar-refractivity contribution in [2.24, 2.45) is 0 Å². The van der Waals surface area contributed by atoms with Crippen molar-refractivity contribution in [3.8, 4) is 11.4 Å². The largest absolute Gasteiger partial charge is 0.356 e. The molecule has 1 aliphatic rings. The first-order chi connectivity index (χ1) is 10.4. The van der Waals surface area contributed by atoms with Gasteiger partial charge in [0.2, 0.25) is 0 Å². The molecule has 0 amide bonds. The molecule has 3 rings (SSSR count). The van der Waals surface area contributed by atoms with Gasteiger partial charge in [0.25, 0.3) is 0 Å². The van der Waals surface area contributed by atoms with Gasteiger partial charge in [-0.05, 0) is 31.3 Å². The fourth-order valence-corrected chi connectivity index (χ4v) is 2.65. The maximum absolute atomic E-state index is 5.83. The van der Waals surface area contributed by atoms with Crippen LogP contribution in [0.15, 0.2) is 30.3 Å². The minimum Gasteiger partial charge on any atom is -0.356 e. The molecule has 0 spiro atoms. The Morgan fingerprint density at radius 2 is 2.19 bits per heavy atom. The van der Waals surface area contributed by atoms with Crippen molar-refractivity contribution in [3.63, 3.8) is 0 Å². The summed E-state index contributed by atoms with van der Waals surface area (Å²) in [5, 5.41) is 4.65. The van der Waals surface area contributed by atoms with E-state index in [1.54, 1.807) is 0 Å². The maximum Gasteiger partial charge on any atom is 0.181 e. The molecule has 1 fully saturated rings. The van der Waals surface area contributed by atoms with Gasteiger partial charge in [-0.2, -0.15) is 0 Å². The fraction of sp³-hybridized carbons (Fsp3) is 0.467. The average molecular weight is 305 g/mol. The molecule has 0 bridgehead atoms. The topological polar surface area (TPSA) is 49.2 Å². The lowest BCUT2D eigenvalue weighted by molar-refractivity contribution is -0.0424. The lowest BCUT2D eigenvalue weighted by Gasteiger charge is -2.23. The van der Waals surface area contributed by atoms with Crippen LogP contribution in [-0.4, -0.2) is 27.6 Å². The molecular formula is C15H19N3O2S. The number of rotatable bonds is 5. The predicted octanol–water partition coefficient (Wildman–Crippen LogP) is 3.44. The summed E-state index contributed by atoms with van der Waals surface area (Å²) in [7, 11) is 0. The van der Waals surface area contributed by atoms with Crippen molar-refractivity contribution >= 4 is 12.0 Å². The third-order valence-corrected chi connectivity index (χ3v) is 3.82. The summed E-state index contributed by atoms with van der Waals surface area (Å²) in [6.07, 6.45) is 5.13. The minimum absolute atomic E-state index is 0.0239. The summed E-state index contributed by atoms with van der Waals surface area (Å²) < 4.78 is 13.2. The first-order valence-corrected chi connectivity index (χ1v) is 8.31. The van der Waals surface area contributed by atoms with Gasteiger partial charge in [-0.15, -0.1) is 5.10 Å². The van der Waals surface area contributed by atoms with Crippen LogP contribution in [0.3, 0.4) is 0 Å². The Bertz CT molecular complexity index is 568. The highest BCUT2D eigenvalue weighted by Crippen LogP contribution is 2.25. The smallest absolute Gasteiger partial charge is 0.181 e. The molecule has 0 radical (unpaired) electrons. The number of benzene rings is 1. The van der Waals surface area contributed by atoms with Crippen LogP contribution in [0.5, 0.6) is 0 Å². The number of ether oxygens (including phenoxy) is 1. The lowest BCUT2D eigenvalue weighted by atomic mass is 10.2. The van der Waals surface area contributed by atoms with E-state index in [0.29, 0.717) is 6.61 Å². The van der Waals surface area contributed by atoms with Gasteiger partial charge in [0.05, 0.1) is 0 Å². The zero-order valence-electron chi connectivity index (χ0n) is 12.1. The van der Waals surface area contributed by atoms with Crippen molar-refractivity contribution in [1.82, 2.24) is 14.8 Å². The molecule has 0 N–H and O–H groups in total. The van der Waals surface area contributed by atoms with Crippen LogP contribution in [0.2, 0.25) is 0 Å². The van der Waals surface area contributed by atoms with E-state index in [1.807, 2.05) is 41.3 Å². The van der Waals surface area contributed by atoms with Crippen molar-refractivity contribution in [2.75, 3.05) is 12.9 Å². The second-order valence-electron chi connectivity index (χ2n) is 4.91. The number of hydrogen-bond donors (Lipinski definition) is 0. The van der Waals surface area contributed by atoms with Gasteiger partial charge in [-0.3, -0.25) is 0 Å². The highest BCUT2D eigenvalue weighted by atomic mass is 32.2. The van der Waals surface area contributed by atoms with Crippen LogP contribution in [0, 0.1) is 0 Å². The van der Waals surface area contributed by atoms with Crippen LogP contribution in [-0.2, 0) is 15.5 Å². The summed E-state index contributed by atoms with van der Waals surface area (Å²) in [6.45, 7) is 1.22. The molecule has 6 heteroatoms. The highest BCUT2D eigenvalue weighted by molar-refractivity contribution is 7.93. The molecular weight excluding hydrogens is 286 g/mol. The van der Waals surface area contributed by atoms with E-state index >= 15 is 0 Å². The normalized spacial score (nSPS) is 18.8. The average Bonchev–Trinajstić information content (AvgIpc) is 2.99. The zero-order chi connectivity index (χ0) is 14.5. The van der Waals surface area contributed by atoms with E-state index in [0.717, 1.165) is 43.1 Å². The summed E-state index contributed by atoms with van der Waals surface area (Å²) in [4.78, 5) is 4.63. The molecule has 5 nitrogen and oxygen atoms in total. The molecule has 0 aliphatic carbocycles. The van der Waals surface area contributed by atoms with Crippen LogP contribution in [0.4, 0.5) is 0 Å². The number of aromatic nitrogens is 3. The maximum atomic E-state index is 5.83. The van der Waals surface area contributed by atoms with E-state index in [1.165, 1.54) is 12.0 Å². The zero-order valence-corrected chi connectivity index (χ0v) is 12.9. The van der Waals surface area contributed by atoms with Gasteiger partial charge in [0, 0.05) is 18.4 Å². The Labute approximate surface area is 128 Å². The third-order valence-electron chi connectivity index (χ3n) is 3.47. The molecule has 1 aromatic heterocycles. The summed E-state index contributed by atoms with van der Waals surface area (Å²) >= 11 is 1.33. The van der Waals surface area contributed by atoms with E-state index in [-0.39, 0.29) is 6.23 Å². The first kappa shape index (κ1) is 14.6. The summed E-state index contributed by atoms with van der Waals surface area (Å²) in [6, 6.07) is 10.0. The Hall–Kier alpha value is -1.37. The van der Waals surface area contributed by atoms with E-state index < -0.39 is 0 Å². The van der Waals surface area contributed by atoms with Gasteiger partial charge < -0.3 is 8.92 Å². The molecule has 21 heavy (non-hydrogen) atoms. The van der Waals surface area contributed by atoms with Crippen molar-refractivity contribution in [3.05, 3.63) is 36.2 Å². The van der Waals surface area contributed by atoms with Gasteiger partial charge >= 0.3 is 0 Å². The molecule has 1 atom stereocenters. The molecule has 1 aliphatic heterocycles. The van der Waals surface area contributed by atoms with Crippen molar-refractivity contribution in [2.45, 2.75) is 32.1 Å². The van der Waals surface area contributed by atoms with Crippen LogP contribution in [0.25, 0.3) is 11.4 Å². The molecule has 1 aromatic carbocycles. The number of nitrogens with zero attached hydrogens (tertiary/aromatic N) is 3. The number of hydrogen-bond acceptors (Lipinski definition) is 5. The standard InChI is InChI=1S/C15H19N3O2S/c1-21-20-11-13-16-15(12-7-3-2-4-8-12)17-18(13)14-9-5-6-10-19-14/h2-4,7-8,14H,5-6,9-11H2,1H3. The Morgan fingerprint density at radius 3 is 2.90 bits per heavy atom. The third kappa shape index (κ3) is 3.45. The fourth-order valence-electron chi connectivity index (χ4n) is 2.42. The molecule has 1 saturated heterocycles. The second kappa shape index (κ2) is 7.06. The van der Waals surface area contributed by atoms with Crippen molar-refractivity contribution < 1.29 is 8.92 Å². The first-order valence-electron chi connectivity index (χ1n) is 7.16. The second-order valence-corrected chi connectivity index (χ2v) is 5.48. The lowest BCUT2D eigenvalue weighted by Crippen LogP contribution is -2.21. The molecule has 1 unspecified atom stereocenters. The monoisotopic (exact) mass is 305 g/mol. The van der Waals surface area contributed by atoms with Gasteiger partial charge in [-0.1, -0.05) is 30.3 Å². The molecule has 112 valence electrons. The van der Waals surface area contributed by atoms with E-state index in [4.69, 9.17) is 8.92 Å².